The molecule has 1 atom stereocenters. The van der Waals surface area contributed by atoms with Crippen LogP contribution in [0.15, 0.2) is 54.6 Å². The van der Waals surface area contributed by atoms with Gasteiger partial charge in [0.15, 0.2) is 5.78 Å². The van der Waals surface area contributed by atoms with Crippen LogP contribution in [0.4, 0.5) is 11.4 Å². The van der Waals surface area contributed by atoms with Gasteiger partial charge in [-0.2, -0.15) is 0 Å². The average molecular weight is 365 g/mol. The minimum atomic E-state index is -0.334. The number of ketones is 1. The molecule has 6 heteroatoms. The lowest BCUT2D eigenvalue weighted by molar-refractivity contribution is -0.122. The highest BCUT2D eigenvalue weighted by molar-refractivity contribution is 6.04. The molecule has 0 radical (unpaired) electrons. The molecule has 0 spiro atoms. The number of likely N-dealkylation sites (tertiary alicyclic amines) is 1. The zero-order valence-electron chi connectivity index (χ0n) is 15.3. The smallest absolute Gasteiger partial charge is 0.241 e. The first-order chi connectivity index (χ1) is 13.0. The van der Waals surface area contributed by atoms with Crippen LogP contribution in [0.25, 0.3) is 0 Å². The molecule has 6 nitrogen and oxygen atoms in total. The number of nitrogens with one attached hydrogen (secondary N) is 2. The number of para-hydroxylation sites is 2. The Morgan fingerprint density at radius 3 is 2.44 bits per heavy atom. The van der Waals surface area contributed by atoms with E-state index in [0.29, 0.717) is 17.8 Å². The molecule has 2 N–H and O–H groups in total. The van der Waals surface area contributed by atoms with Crippen LogP contribution in [0.5, 0.6) is 0 Å². The normalized spacial score (nSPS) is 16.7. The monoisotopic (exact) mass is 365 g/mol. The lowest BCUT2D eigenvalue weighted by atomic mass is 10.1. The molecule has 140 valence electrons. The maximum Gasteiger partial charge on any atom is 0.241 e. The van der Waals surface area contributed by atoms with Crippen LogP contribution in [0.3, 0.4) is 0 Å². The van der Waals surface area contributed by atoms with Crippen molar-refractivity contribution in [3.05, 3.63) is 60.2 Å². The zero-order chi connectivity index (χ0) is 19.2. The molecule has 0 bridgehead atoms. The summed E-state index contributed by atoms with van der Waals surface area (Å²) in [7, 11) is 0. The number of hydrogen-bond donors (Lipinski definition) is 2. The highest BCUT2D eigenvalue weighted by Crippen LogP contribution is 2.20. The average Bonchev–Trinajstić information content (AvgIpc) is 3.11. The zero-order valence-corrected chi connectivity index (χ0v) is 15.3. The van der Waals surface area contributed by atoms with E-state index in [2.05, 4.69) is 10.6 Å². The molecule has 1 aliphatic rings. The molecule has 27 heavy (non-hydrogen) atoms. The second kappa shape index (κ2) is 8.60. The molecule has 2 aromatic rings. The van der Waals surface area contributed by atoms with Gasteiger partial charge in [-0.3, -0.25) is 19.3 Å². The summed E-state index contributed by atoms with van der Waals surface area (Å²) in [6.45, 7) is 2.27. The van der Waals surface area contributed by atoms with Crippen molar-refractivity contribution < 1.29 is 14.4 Å². The largest absolute Gasteiger partial charge is 0.325 e. The number of carbonyl (C=O) groups excluding carboxylic acids is 3. The van der Waals surface area contributed by atoms with Crippen LogP contribution in [-0.2, 0) is 9.59 Å². The molecule has 0 unspecified atom stereocenters. The van der Waals surface area contributed by atoms with E-state index in [1.165, 1.54) is 6.92 Å². The number of rotatable bonds is 6. The third-order valence-corrected chi connectivity index (χ3v) is 4.63. The van der Waals surface area contributed by atoms with Gasteiger partial charge < -0.3 is 10.6 Å². The second-order valence-electron chi connectivity index (χ2n) is 6.63. The van der Waals surface area contributed by atoms with Gasteiger partial charge in [-0.05, 0) is 50.6 Å². The fourth-order valence-electron chi connectivity index (χ4n) is 3.33. The van der Waals surface area contributed by atoms with Crippen LogP contribution >= 0.6 is 0 Å². The molecular formula is C21H23N3O3. The van der Waals surface area contributed by atoms with Gasteiger partial charge in [-0.15, -0.1) is 0 Å². The summed E-state index contributed by atoms with van der Waals surface area (Å²) in [6, 6.07) is 15.9. The third-order valence-electron chi connectivity index (χ3n) is 4.63. The Morgan fingerprint density at radius 2 is 1.70 bits per heavy atom. The Morgan fingerprint density at radius 1 is 1.00 bits per heavy atom. The van der Waals surface area contributed by atoms with Gasteiger partial charge in [-0.25, -0.2) is 0 Å². The van der Waals surface area contributed by atoms with E-state index >= 15 is 0 Å². The van der Waals surface area contributed by atoms with Crippen molar-refractivity contribution in [1.82, 2.24) is 4.90 Å². The molecule has 1 aliphatic heterocycles. The van der Waals surface area contributed by atoms with E-state index in [1.54, 1.807) is 24.3 Å². The van der Waals surface area contributed by atoms with Crippen molar-refractivity contribution in [3.8, 4) is 0 Å². The Bertz CT molecular complexity index is 836. The number of anilines is 2. The van der Waals surface area contributed by atoms with Crippen molar-refractivity contribution in [2.75, 3.05) is 23.7 Å². The van der Waals surface area contributed by atoms with Crippen molar-refractivity contribution in [1.29, 1.82) is 0 Å². The molecule has 0 aliphatic carbocycles. The highest BCUT2D eigenvalue weighted by atomic mass is 16.2. The van der Waals surface area contributed by atoms with Gasteiger partial charge in [0, 0.05) is 11.3 Å². The van der Waals surface area contributed by atoms with Gasteiger partial charge >= 0.3 is 0 Å². The van der Waals surface area contributed by atoms with E-state index in [0.717, 1.165) is 18.5 Å². The summed E-state index contributed by atoms with van der Waals surface area (Å²) >= 11 is 0. The number of carbonyl (C=O) groups is 3. The van der Waals surface area contributed by atoms with Gasteiger partial charge in [0.05, 0.1) is 18.3 Å². The minimum absolute atomic E-state index is 0.101. The van der Waals surface area contributed by atoms with Crippen molar-refractivity contribution >= 4 is 29.0 Å². The summed E-state index contributed by atoms with van der Waals surface area (Å²) in [6.07, 6.45) is 1.58. The van der Waals surface area contributed by atoms with E-state index in [9.17, 15) is 14.4 Å². The Kier molecular flexibility index (Phi) is 5.98. The molecule has 1 saturated heterocycles. The summed E-state index contributed by atoms with van der Waals surface area (Å²) in [5.41, 5.74) is 1.72. The Labute approximate surface area is 158 Å². The van der Waals surface area contributed by atoms with E-state index in [4.69, 9.17) is 0 Å². The van der Waals surface area contributed by atoms with Crippen molar-refractivity contribution in [2.24, 2.45) is 0 Å². The Hall–Kier alpha value is -2.99. The summed E-state index contributed by atoms with van der Waals surface area (Å²) < 4.78 is 0. The SMILES string of the molecule is CC(=O)c1ccccc1NC(=O)CN1CCC[C@H]1C(=O)Nc1ccccc1. The molecule has 0 saturated carbocycles. The van der Waals surface area contributed by atoms with E-state index < -0.39 is 0 Å². The predicted molar refractivity (Wildman–Crippen MR) is 105 cm³/mol. The molecular weight excluding hydrogens is 342 g/mol. The summed E-state index contributed by atoms with van der Waals surface area (Å²) in [5, 5.41) is 5.70. The van der Waals surface area contributed by atoms with Crippen LogP contribution < -0.4 is 10.6 Å². The highest BCUT2D eigenvalue weighted by Gasteiger charge is 2.32. The molecule has 2 aromatic carbocycles. The van der Waals surface area contributed by atoms with Crippen LogP contribution in [0.2, 0.25) is 0 Å². The lowest BCUT2D eigenvalue weighted by Crippen LogP contribution is -2.43. The van der Waals surface area contributed by atoms with E-state index in [1.807, 2.05) is 35.2 Å². The number of benzene rings is 2. The molecule has 0 aromatic heterocycles. The Balaban J connectivity index is 1.62. The number of nitrogens with zero attached hydrogens (tertiary/aromatic N) is 1. The first-order valence-corrected chi connectivity index (χ1v) is 9.04. The first kappa shape index (κ1) is 18.8. The fourth-order valence-corrected chi connectivity index (χ4v) is 3.33. The number of Topliss-reactive ketones (excluding diaryl/α,β-unsaturated/α-hetero) is 1. The maximum absolute atomic E-state index is 12.6. The molecule has 1 heterocycles. The second-order valence-corrected chi connectivity index (χ2v) is 6.63. The molecule has 1 fully saturated rings. The summed E-state index contributed by atoms with van der Waals surface area (Å²) in [5.74, 6) is -0.439. The fraction of sp³-hybridized carbons (Fsp3) is 0.286. The topological polar surface area (TPSA) is 78.5 Å². The van der Waals surface area contributed by atoms with Gasteiger partial charge in [-0.1, -0.05) is 30.3 Å². The molecule has 3 rings (SSSR count). The predicted octanol–water partition coefficient (Wildman–Crippen LogP) is 2.93. The lowest BCUT2D eigenvalue weighted by Gasteiger charge is -2.23. The van der Waals surface area contributed by atoms with Crippen molar-refractivity contribution in [3.63, 3.8) is 0 Å². The summed E-state index contributed by atoms with van der Waals surface area (Å²) in [4.78, 5) is 38.6. The maximum atomic E-state index is 12.6. The number of hydrogen-bond acceptors (Lipinski definition) is 4. The van der Waals surface area contributed by atoms with Crippen LogP contribution in [0.1, 0.15) is 30.1 Å². The first-order valence-electron chi connectivity index (χ1n) is 9.04. The standard InChI is InChI=1S/C21H23N3O3/c1-15(25)17-10-5-6-11-18(17)23-20(26)14-24-13-7-12-19(24)21(27)22-16-8-3-2-4-9-16/h2-6,8-11,19H,7,12-14H2,1H3,(H,22,27)(H,23,26)/t19-/m0/s1. The third kappa shape index (κ3) is 4.80. The van der Waals surface area contributed by atoms with Crippen molar-refractivity contribution in [2.45, 2.75) is 25.8 Å². The van der Waals surface area contributed by atoms with Crippen LogP contribution in [-0.4, -0.2) is 41.6 Å². The molecule has 2 amide bonds. The van der Waals surface area contributed by atoms with Crippen LogP contribution in [0, 0.1) is 0 Å². The quantitative estimate of drug-likeness (QED) is 0.772. The van der Waals surface area contributed by atoms with E-state index in [-0.39, 0.29) is 30.2 Å². The minimum Gasteiger partial charge on any atom is -0.325 e. The van der Waals surface area contributed by atoms with Gasteiger partial charge in [0.25, 0.3) is 0 Å². The number of amides is 2. The van der Waals surface area contributed by atoms with Gasteiger partial charge in [0.1, 0.15) is 0 Å². The van der Waals surface area contributed by atoms with Gasteiger partial charge in [0.2, 0.25) is 11.8 Å².